The van der Waals surface area contributed by atoms with Crippen molar-refractivity contribution in [3.05, 3.63) is 83.6 Å². The minimum absolute atomic E-state index is 0.259. The molecule has 1 heterocycles. The summed E-state index contributed by atoms with van der Waals surface area (Å²) >= 11 is 0. The number of fused-ring (bicyclic) bond motifs is 1. The van der Waals surface area contributed by atoms with Gasteiger partial charge in [0.15, 0.2) is 0 Å². The fourth-order valence-electron chi connectivity index (χ4n) is 4.41. The number of hydrogen-bond acceptors (Lipinski definition) is 3. The van der Waals surface area contributed by atoms with Gasteiger partial charge in [0.1, 0.15) is 0 Å². The molecule has 2 aromatic carbocycles. The second-order valence-corrected chi connectivity index (χ2v) is 15.0. The van der Waals surface area contributed by atoms with Crippen LogP contribution in [0.15, 0.2) is 66.9 Å². The highest BCUT2D eigenvalue weighted by atomic mass is 28.3. The van der Waals surface area contributed by atoms with Crippen molar-refractivity contribution in [1.82, 2.24) is 0 Å². The fraction of sp³-hybridized carbons (Fsp3) is 0.385. The van der Waals surface area contributed by atoms with Crippen LogP contribution in [0, 0.1) is 0 Å². The first-order chi connectivity index (χ1) is 14.3. The van der Waals surface area contributed by atoms with Crippen molar-refractivity contribution < 1.29 is 9.84 Å². The van der Waals surface area contributed by atoms with Gasteiger partial charge in [-0.05, 0) is 41.3 Å². The van der Waals surface area contributed by atoms with E-state index >= 15 is 0 Å². The summed E-state index contributed by atoms with van der Waals surface area (Å²) in [5, 5.41) is 11.0. The molecular weight excluding hydrogens is 386 g/mol. The van der Waals surface area contributed by atoms with Gasteiger partial charge in [0.25, 0.3) is 0 Å². The lowest BCUT2D eigenvalue weighted by molar-refractivity contribution is 0.192. The normalized spacial score (nSPS) is 17.2. The van der Waals surface area contributed by atoms with Crippen LogP contribution in [0.4, 0.5) is 5.69 Å². The highest BCUT2D eigenvalue weighted by Gasteiger charge is 2.32. The molecule has 0 fully saturated rings. The molecule has 3 nitrogen and oxygen atoms in total. The van der Waals surface area contributed by atoms with Crippen molar-refractivity contribution in [3.8, 4) is 0 Å². The number of aliphatic hydroxyl groups excluding tert-OH is 1. The number of methoxy groups -OCH3 is 1. The maximum absolute atomic E-state index is 11.0. The van der Waals surface area contributed by atoms with Gasteiger partial charge in [0, 0.05) is 32.8 Å². The molecule has 2 aromatic rings. The van der Waals surface area contributed by atoms with Crippen molar-refractivity contribution in [3.63, 3.8) is 0 Å². The van der Waals surface area contributed by atoms with Gasteiger partial charge >= 0.3 is 0 Å². The van der Waals surface area contributed by atoms with Crippen LogP contribution in [0.1, 0.15) is 29.0 Å². The van der Waals surface area contributed by atoms with Crippen molar-refractivity contribution in [2.45, 2.75) is 50.7 Å². The Morgan fingerprint density at radius 1 is 1.20 bits per heavy atom. The molecule has 0 amide bonds. The zero-order valence-corrected chi connectivity index (χ0v) is 19.8. The van der Waals surface area contributed by atoms with Crippen LogP contribution >= 0.6 is 0 Å². The molecule has 0 bridgehead atoms. The average molecular weight is 422 g/mol. The molecule has 1 aliphatic rings. The van der Waals surface area contributed by atoms with E-state index in [-0.39, 0.29) is 5.92 Å². The van der Waals surface area contributed by atoms with E-state index in [0.717, 1.165) is 30.3 Å². The fourth-order valence-corrected chi connectivity index (χ4v) is 6.01. The molecule has 30 heavy (non-hydrogen) atoms. The highest BCUT2D eigenvalue weighted by Crippen LogP contribution is 2.43. The van der Waals surface area contributed by atoms with Gasteiger partial charge in [-0.15, -0.1) is 0 Å². The largest absolute Gasteiger partial charge is 0.504 e. The molecule has 0 aromatic heterocycles. The molecule has 0 aliphatic carbocycles. The summed E-state index contributed by atoms with van der Waals surface area (Å²) in [6.45, 7) is 13.0. The SMILES string of the molecule is C=C(C[Si](C)(C)C)C(O)CC1CN(Cc2ccccc2)c2cccc(/C=C\OC)c21. The van der Waals surface area contributed by atoms with E-state index in [2.05, 4.69) is 79.7 Å². The first kappa shape index (κ1) is 22.4. The van der Waals surface area contributed by atoms with Crippen LogP contribution in [0.25, 0.3) is 6.08 Å². The van der Waals surface area contributed by atoms with Gasteiger partial charge in [-0.3, -0.25) is 0 Å². The number of benzene rings is 2. The molecule has 1 N–H and O–H groups in total. The zero-order valence-electron chi connectivity index (χ0n) is 18.8. The first-order valence-electron chi connectivity index (χ1n) is 10.8. The molecule has 2 unspecified atom stereocenters. The third-order valence-corrected chi connectivity index (χ3v) is 7.16. The number of aliphatic hydroxyl groups is 1. The van der Waals surface area contributed by atoms with Crippen LogP contribution < -0.4 is 4.90 Å². The number of ether oxygens (including phenoxy) is 1. The van der Waals surface area contributed by atoms with Gasteiger partial charge < -0.3 is 14.7 Å². The molecule has 0 saturated carbocycles. The molecule has 0 radical (unpaired) electrons. The van der Waals surface area contributed by atoms with Gasteiger partial charge in [0.2, 0.25) is 0 Å². The van der Waals surface area contributed by atoms with Gasteiger partial charge in [-0.25, -0.2) is 0 Å². The summed E-state index contributed by atoms with van der Waals surface area (Å²) in [4.78, 5) is 2.44. The van der Waals surface area contributed by atoms with Gasteiger partial charge in [-0.1, -0.05) is 74.3 Å². The topological polar surface area (TPSA) is 32.7 Å². The quantitative estimate of drug-likeness (QED) is 0.304. The third kappa shape index (κ3) is 5.64. The van der Waals surface area contributed by atoms with Crippen LogP contribution in [0.2, 0.25) is 25.7 Å². The summed E-state index contributed by atoms with van der Waals surface area (Å²) in [5.74, 6) is 0.259. The van der Waals surface area contributed by atoms with Crippen molar-refractivity contribution in [2.24, 2.45) is 0 Å². The molecule has 0 saturated heterocycles. The number of hydrogen-bond donors (Lipinski definition) is 1. The summed E-state index contributed by atoms with van der Waals surface area (Å²) in [6.07, 6.45) is 4.00. The van der Waals surface area contributed by atoms with Gasteiger partial charge in [-0.2, -0.15) is 0 Å². The molecule has 4 heteroatoms. The van der Waals surface area contributed by atoms with Crippen molar-refractivity contribution in [1.29, 1.82) is 0 Å². The minimum atomic E-state index is -1.30. The average Bonchev–Trinajstić information content (AvgIpc) is 3.03. The zero-order chi connectivity index (χ0) is 21.7. The van der Waals surface area contributed by atoms with E-state index < -0.39 is 14.2 Å². The van der Waals surface area contributed by atoms with E-state index in [0.29, 0.717) is 6.42 Å². The smallest absolute Gasteiger partial charge is 0.0830 e. The van der Waals surface area contributed by atoms with Gasteiger partial charge in [0.05, 0.1) is 19.5 Å². The van der Waals surface area contributed by atoms with Crippen LogP contribution in [0.5, 0.6) is 0 Å². The Morgan fingerprint density at radius 3 is 2.60 bits per heavy atom. The molecular formula is C26H35NO2Si. The lowest BCUT2D eigenvalue weighted by atomic mass is 9.89. The Morgan fingerprint density at radius 2 is 1.93 bits per heavy atom. The van der Waals surface area contributed by atoms with E-state index in [1.807, 2.05) is 6.08 Å². The Kier molecular flexibility index (Phi) is 7.22. The predicted octanol–water partition coefficient (Wildman–Crippen LogP) is 6.05. The Balaban J connectivity index is 1.87. The van der Waals surface area contributed by atoms with E-state index in [1.54, 1.807) is 13.4 Å². The Bertz CT molecular complexity index is 886. The molecule has 1 aliphatic heterocycles. The Hall–Kier alpha value is -2.30. The first-order valence-corrected chi connectivity index (χ1v) is 14.5. The lowest BCUT2D eigenvalue weighted by Gasteiger charge is -2.24. The molecule has 160 valence electrons. The molecule has 2 atom stereocenters. The highest BCUT2D eigenvalue weighted by molar-refractivity contribution is 6.76. The monoisotopic (exact) mass is 421 g/mol. The Labute approximate surface area is 182 Å². The number of rotatable bonds is 9. The van der Waals surface area contributed by atoms with Crippen LogP contribution in [-0.2, 0) is 11.3 Å². The maximum Gasteiger partial charge on any atom is 0.0830 e. The standard InChI is InChI=1S/C26H35NO2Si/c1-20(19-30(3,4)5)25(28)16-23-18-27(17-21-10-7-6-8-11-21)24-13-9-12-22(26(23)24)14-15-29-2/h6-15,23,25,28H,1,16-19H2,2-5H3/b15-14-. The summed E-state index contributed by atoms with van der Waals surface area (Å²) < 4.78 is 5.18. The summed E-state index contributed by atoms with van der Waals surface area (Å²) in [7, 11) is 0.368. The molecule has 0 spiro atoms. The lowest BCUT2D eigenvalue weighted by Crippen LogP contribution is -2.26. The van der Waals surface area contributed by atoms with E-state index in [1.165, 1.54) is 16.8 Å². The molecule has 3 rings (SSSR count). The van der Waals surface area contributed by atoms with E-state index in [4.69, 9.17) is 4.74 Å². The van der Waals surface area contributed by atoms with Crippen molar-refractivity contribution >= 4 is 19.8 Å². The maximum atomic E-state index is 11.0. The van der Waals surface area contributed by atoms with Crippen LogP contribution in [-0.4, -0.2) is 32.9 Å². The summed E-state index contributed by atoms with van der Waals surface area (Å²) in [6, 6.07) is 18.0. The third-order valence-electron chi connectivity index (χ3n) is 5.64. The van der Waals surface area contributed by atoms with Crippen molar-refractivity contribution in [2.75, 3.05) is 18.6 Å². The van der Waals surface area contributed by atoms with Crippen LogP contribution in [0.3, 0.4) is 0 Å². The second-order valence-electron chi connectivity index (χ2n) is 9.53. The predicted molar refractivity (Wildman–Crippen MR) is 131 cm³/mol. The van der Waals surface area contributed by atoms with E-state index in [9.17, 15) is 5.11 Å². The number of anilines is 1. The number of nitrogens with zero attached hydrogens (tertiary/aromatic N) is 1. The second kappa shape index (κ2) is 9.67. The summed E-state index contributed by atoms with van der Waals surface area (Å²) in [5.41, 5.74) is 6.01. The minimum Gasteiger partial charge on any atom is -0.504 e.